The van der Waals surface area contributed by atoms with Crippen molar-refractivity contribution in [2.24, 2.45) is 14.5 Å². The molecule has 2 aliphatic heterocycles. The molecule has 2 unspecified atom stereocenters. The van der Waals surface area contributed by atoms with Gasteiger partial charge in [0.15, 0.2) is 0 Å². The van der Waals surface area contributed by atoms with Gasteiger partial charge >= 0.3 is 0 Å². The molecule has 0 aliphatic carbocycles. The molecule has 124 valence electrons. The number of nitrogens with one attached hydrogen (secondary N) is 1. The zero-order valence-corrected chi connectivity index (χ0v) is 13.9. The first kappa shape index (κ1) is 16.3. The summed E-state index contributed by atoms with van der Waals surface area (Å²) < 4.78 is 13.8. The van der Waals surface area contributed by atoms with E-state index in [1.54, 1.807) is 7.11 Å². The molecule has 2 atom stereocenters. The van der Waals surface area contributed by atoms with E-state index in [4.69, 9.17) is 10.5 Å². The Hall–Kier alpha value is -1.61. The lowest BCUT2D eigenvalue weighted by atomic mass is 9.99. The van der Waals surface area contributed by atoms with E-state index < -0.39 is 0 Å². The molecule has 2 heterocycles. The third kappa shape index (κ3) is 3.66. The van der Waals surface area contributed by atoms with E-state index in [1.807, 2.05) is 18.2 Å². The van der Waals surface area contributed by atoms with Crippen LogP contribution in [0.15, 0.2) is 26.9 Å². The molecular weight excluding hydrogens is 314 g/mol. The van der Waals surface area contributed by atoms with Gasteiger partial charge in [-0.1, -0.05) is 6.07 Å². The first-order chi connectivity index (χ1) is 11.2. The number of anilines is 1. The largest absolute Gasteiger partial charge is 0.381 e. The van der Waals surface area contributed by atoms with Crippen molar-refractivity contribution in [2.75, 3.05) is 32.1 Å². The van der Waals surface area contributed by atoms with Crippen molar-refractivity contribution in [3.8, 4) is 0 Å². The number of piperidine rings is 1. The van der Waals surface area contributed by atoms with Gasteiger partial charge in [0.1, 0.15) is 11.4 Å². The van der Waals surface area contributed by atoms with Crippen LogP contribution in [0.2, 0.25) is 0 Å². The van der Waals surface area contributed by atoms with Crippen LogP contribution in [-0.2, 0) is 20.9 Å². The molecule has 1 fully saturated rings. The van der Waals surface area contributed by atoms with Crippen LogP contribution >= 0.6 is 0 Å². The molecule has 0 saturated carbocycles. The molecular formula is C15H21N5O2S. The maximum Gasteiger partial charge on any atom is 0.238 e. The lowest BCUT2D eigenvalue weighted by molar-refractivity contribution is -0.118. The number of rotatable bonds is 5. The minimum absolute atomic E-state index is 0.0557. The highest BCUT2D eigenvalue weighted by Gasteiger charge is 2.28. The van der Waals surface area contributed by atoms with E-state index in [-0.39, 0.29) is 18.1 Å². The third-order valence-electron chi connectivity index (χ3n) is 4.30. The summed E-state index contributed by atoms with van der Waals surface area (Å²) in [7, 11) is 1.73. The molecule has 1 aromatic rings. The highest BCUT2D eigenvalue weighted by Crippen LogP contribution is 2.38. The number of hydrogen-bond acceptors (Lipinski definition) is 6. The van der Waals surface area contributed by atoms with Gasteiger partial charge in [-0.2, -0.15) is 8.73 Å². The lowest BCUT2D eigenvalue weighted by Crippen LogP contribution is -2.50. The van der Waals surface area contributed by atoms with E-state index in [0.717, 1.165) is 42.1 Å². The average Bonchev–Trinajstić information content (AvgIpc) is 3.05. The maximum atomic E-state index is 12.4. The van der Waals surface area contributed by atoms with Gasteiger partial charge < -0.3 is 15.8 Å². The van der Waals surface area contributed by atoms with Gasteiger partial charge in [0.25, 0.3) is 0 Å². The summed E-state index contributed by atoms with van der Waals surface area (Å²) >= 11 is 1.14. The van der Waals surface area contributed by atoms with Gasteiger partial charge in [-0.25, -0.2) is 0 Å². The molecule has 1 saturated heterocycles. The average molecular weight is 335 g/mol. The number of nitrogens with two attached hydrogens (primary N) is 1. The van der Waals surface area contributed by atoms with Crippen LogP contribution in [0.3, 0.4) is 0 Å². The van der Waals surface area contributed by atoms with Crippen molar-refractivity contribution >= 4 is 34.3 Å². The number of carbonyl (C=O) groups excluding carboxylic acids is 1. The fraction of sp³-hybridized carbons (Fsp3) is 0.533. The topological polar surface area (TPSA) is 92.3 Å². The number of benzene rings is 1. The molecule has 0 spiro atoms. The van der Waals surface area contributed by atoms with Gasteiger partial charge in [0, 0.05) is 26.2 Å². The molecule has 3 N–H and O–H groups in total. The summed E-state index contributed by atoms with van der Waals surface area (Å²) in [5.74, 6) is -0.0557. The Morgan fingerprint density at radius 1 is 1.52 bits per heavy atom. The third-order valence-corrected chi connectivity index (χ3v) is 4.84. The van der Waals surface area contributed by atoms with Crippen LogP contribution in [0, 0.1) is 0 Å². The Kier molecular flexibility index (Phi) is 5.16. The van der Waals surface area contributed by atoms with E-state index in [1.165, 1.54) is 0 Å². The van der Waals surface area contributed by atoms with Crippen molar-refractivity contribution in [1.82, 2.24) is 4.90 Å². The SMILES string of the molecule is COC1CCN(CC(=O)Nc2cccc3c2N=S=N3)C(CN)C1. The smallest absolute Gasteiger partial charge is 0.238 e. The Bertz CT molecular complexity index is 659. The van der Waals surface area contributed by atoms with Crippen LogP contribution < -0.4 is 11.1 Å². The minimum Gasteiger partial charge on any atom is -0.381 e. The van der Waals surface area contributed by atoms with Gasteiger partial charge in [-0.15, -0.1) is 0 Å². The molecule has 0 aromatic heterocycles. The van der Waals surface area contributed by atoms with Crippen LogP contribution in [-0.4, -0.2) is 49.7 Å². The minimum atomic E-state index is -0.0557. The van der Waals surface area contributed by atoms with Gasteiger partial charge in [0.05, 0.1) is 29.7 Å². The molecule has 1 aromatic carbocycles. The zero-order valence-electron chi connectivity index (χ0n) is 13.1. The number of likely N-dealkylation sites (tertiary alicyclic amines) is 1. The fourth-order valence-electron chi connectivity index (χ4n) is 3.01. The van der Waals surface area contributed by atoms with Crippen LogP contribution in [0.4, 0.5) is 17.1 Å². The predicted octanol–water partition coefficient (Wildman–Crippen LogP) is 1.79. The molecule has 7 nitrogen and oxygen atoms in total. The highest BCUT2D eigenvalue weighted by molar-refractivity contribution is 7.58. The Morgan fingerprint density at radius 2 is 2.39 bits per heavy atom. The summed E-state index contributed by atoms with van der Waals surface area (Å²) in [6.45, 7) is 1.67. The quantitative estimate of drug-likeness (QED) is 0.871. The standard InChI is InChI=1S/C15H21N5O2S/c1-22-11-5-6-20(10(7-11)8-16)9-14(21)17-12-3-2-4-13-15(12)19-23-18-13/h2-4,10-11H,5-9,16H2,1H3,(H,17,21). The number of carbonyl (C=O) groups is 1. The van der Waals surface area contributed by atoms with E-state index >= 15 is 0 Å². The summed E-state index contributed by atoms with van der Waals surface area (Å²) in [5.41, 5.74) is 8.09. The van der Waals surface area contributed by atoms with Crippen molar-refractivity contribution in [3.63, 3.8) is 0 Å². The Balaban J connectivity index is 1.62. The second-order valence-electron chi connectivity index (χ2n) is 5.73. The summed E-state index contributed by atoms with van der Waals surface area (Å²) in [5, 5.41) is 2.94. The lowest BCUT2D eigenvalue weighted by Gasteiger charge is -2.37. The van der Waals surface area contributed by atoms with Crippen LogP contribution in [0.25, 0.3) is 0 Å². The van der Waals surface area contributed by atoms with Gasteiger partial charge in [0.2, 0.25) is 5.91 Å². The van der Waals surface area contributed by atoms with Crippen molar-refractivity contribution in [3.05, 3.63) is 18.2 Å². The Morgan fingerprint density at radius 3 is 3.17 bits per heavy atom. The van der Waals surface area contributed by atoms with Crippen LogP contribution in [0.5, 0.6) is 0 Å². The number of fused-ring (bicyclic) bond motifs is 1. The molecule has 8 heteroatoms. The van der Waals surface area contributed by atoms with E-state index in [0.29, 0.717) is 18.8 Å². The van der Waals surface area contributed by atoms with Crippen LogP contribution in [0.1, 0.15) is 12.8 Å². The molecule has 2 aliphatic rings. The number of methoxy groups -OCH3 is 1. The first-order valence-corrected chi connectivity index (χ1v) is 8.42. The zero-order chi connectivity index (χ0) is 16.2. The summed E-state index contributed by atoms with van der Waals surface area (Å²) in [4.78, 5) is 14.5. The molecule has 23 heavy (non-hydrogen) atoms. The monoisotopic (exact) mass is 335 g/mol. The normalized spacial score (nSPS) is 23.4. The number of nitrogens with zero attached hydrogens (tertiary/aromatic N) is 3. The summed E-state index contributed by atoms with van der Waals surface area (Å²) in [6.07, 6.45) is 2.02. The van der Waals surface area contributed by atoms with Crippen molar-refractivity contribution in [1.29, 1.82) is 0 Å². The van der Waals surface area contributed by atoms with Gasteiger partial charge in [-0.3, -0.25) is 9.69 Å². The first-order valence-electron chi connectivity index (χ1n) is 7.69. The van der Waals surface area contributed by atoms with E-state index in [2.05, 4.69) is 18.9 Å². The molecule has 1 amide bonds. The molecule has 0 bridgehead atoms. The van der Waals surface area contributed by atoms with Crippen molar-refractivity contribution < 1.29 is 9.53 Å². The maximum absolute atomic E-state index is 12.4. The number of ether oxygens (including phenoxy) is 1. The second-order valence-corrected chi connectivity index (χ2v) is 6.26. The summed E-state index contributed by atoms with van der Waals surface area (Å²) in [6, 6.07) is 5.77. The number of amides is 1. The van der Waals surface area contributed by atoms with E-state index in [9.17, 15) is 4.79 Å². The fourth-order valence-corrected chi connectivity index (χ4v) is 3.56. The molecule has 3 rings (SSSR count). The van der Waals surface area contributed by atoms with Crippen molar-refractivity contribution in [2.45, 2.75) is 25.0 Å². The second kappa shape index (κ2) is 7.31. The highest BCUT2D eigenvalue weighted by atomic mass is 32.1. The predicted molar refractivity (Wildman–Crippen MR) is 91.1 cm³/mol. The Labute approximate surface area is 139 Å². The number of hydrogen-bond donors (Lipinski definition) is 2. The van der Waals surface area contributed by atoms with Gasteiger partial charge in [-0.05, 0) is 25.0 Å². The molecule has 0 radical (unpaired) electrons.